The summed E-state index contributed by atoms with van der Waals surface area (Å²) in [4.78, 5) is 2.57. The molecule has 0 spiro atoms. The minimum atomic E-state index is 0.293. The highest BCUT2D eigenvalue weighted by atomic mass is 16.3. The van der Waals surface area contributed by atoms with Crippen molar-refractivity contribution in [2.75, 3.05) is 32.8 Å². The van der Waals surface area contributed by atoms with Crippen molar-refractivity contribution in [1.82, 2.24) is 10.2 Å². The van der Waals surface area contributed by atoms with Crippen LogP contribution in [0.15, 0.2) is 0 Å². The van der Waals surface area contributed by atoms with Crippen LogP contribution in [-0.4, -0.2) is 48.8 Å². The number of hydrogen-bond donors (Lipinski definition) is 2. The zero-order chi connectivity index (χ0) is 14.8. The van der Waals surface area contributed by atoms with Crippen molar-refractivity contribution in [3.05, 3.63) is 0 Å². The zero-order valence-corrected chi connectivity index (χ0v) is 14.0. The highest BCUT2D eigenvalue weighted by Crippen LogP contribution is 2.29. The van der Waals surface area contributed by atoms with Gasteiger partial charge < -0.3 is 10.4 Å². The maximum Gasteiger partial charge on any atom is 0.0558 e. The van der Waals surface area contributed by atoms with Gasteiger partial charge in [-0.15, -0.1) is 0 Å². The summed E-state index contributed by atoms with van der Waals surface area (Å²) in [5.41, 5.74) is 0.335. The Labute approximate surface area is 126 Å². The van der Waals surface area contributed by atoms with Crippen molar-refractivity contribution in [3.63, 3.8) is 0 Å². The summed E-state index contributed by atoms with van der Waals surface area (Å²) in [7, 11) is 0. The van der Waals surface area contributed by atoms with E-state index in [0.29, 0.717) is 18.1 Å². The van der Waals surface area contributed by atoms with Gasteiger partial charge in [-0.1, -0.05) is 40.0 Å². The van der Waals surface area contributed by atoms with Gasteiger partial charge in [0.05, 0.1) is 6.61 Å². The van der Waals surface area contributed by atoms with Crippen LogP contribution in [0.2, 0.25) is 0 Å². The van der Waals surface area contributed by atoms with Crippen LogP contribution in [0.3, 0.4) is 0 Å². The van der Waals surface area contributed by atoms with Crippen LogP contribution in [0.1, 0.15) is 65.7 Å². The standard InChI is InChI=1S/C17H36N2O/c1-4-10-17(3,14-18-11-5-2)15-19(12-13-20)16-8-6-7-9-16/h16,18,20H,4-15H2,1-3H3. The Balaban J connectivity index is 2.57. The first-order valence-electron chi connectivity index (χ1n) is 8.71. The second kappa shape index (κ2) is 9.75. The van der Waals surface area contributed by atoms with Gasteiger partial charge in [-0.25, -0.2) is 0 Å². The highest BCUT2D eigenvalue weighted by Gasteiger charge is 2.30. The molecule has 3 nitrogen and oxygen atoms in total. The monoisotopic (exact) mass is 284 g/mol. The maximum atomic E-state index is 9.38. The molecule has 0 bridgehead atoms. The second-order valence-electron chi connectivity index (χ2n) is 6.87. The number of rotatable bonds is 11. The van der Waals surface area contributed by atoms with Gasteiger partial charge in [-0.3, -0.25) is 4.90 Å². The topological polar surface area (TPSA) is 35.5 Å². The van der Waals surface area contributed by atoms with Crippen LogP contribution >= 0.6 is 0 Å². The van der Waals surface area contributed by atoms with Crippen molar-refractivity contribution in [2.24, 2.45) is 5.41 Å². The minimum Gasteiger partial charge on any atom is -0.395 e. The summed E-state index contributed by atoms with van der Waals surface area (Å²) in [5, 5.41) is 13.0. The third-order valence-electron chi connectivity index (χ3n) is 4.65. The molecular formula is C17H36N2O. The van der Waals surface area contributed by atoms with E-state index in [2.05, 4.69) is 31.0 Å². The van der Waals surface area contributed by atoms with Gasteiger partial charge in [0.2, 0.25) is 0 Å². The summed E-state index contributed by atoms with van der Waals surface area (Å²) >= 11 is 0. The molecule has 1 unspecified atom stereocenters. The predicted molar refractivity (Wildman–Crippen MR) is 87.1 cm³/mol. The van der Waals surface area contributed by atoms with Crippen LogP contribution in [-0.2, 0) is 0 Å². The van der Waals surface area contributed by atoms with Crippen LogP contribution in [0, 0.1) is 5.41 Å². The molecule has 1 aliphatic rings. The lowest BCUT2D eigenvalue weighted by Crippen LogP contribution is -2.46. The number of hydrogen-bond acceptors (Lipinski definition) is 3. The third-order valence-corrected chi connectivity index (χ3v) is 4.65. The molecule has 0 saturated heterocycles. The SMILES string of the molecule is CCCNCC(C)(CCC)CN(CCO)C1CCCC1. The van der Waals surface area contributed by atoms with Gasteiger partial charge in [0, 0.05) is 25.7 Å². The quantitative estimate of drug-likeness (QED) is 0.573. The van der Waals surface area contributed by atoms with Crippen molar-refractivity contribution in [2.45, 2.75) is 71.8 Å². The molecule has 120 valence electrons. The lowest BCUT2D eigenvalue weighted by Gasteiger charge is -2.38. The van der Waals surface area contributed by atoms with Gasteiger partial charge >= 0.3 is 0 Å². The van der Waals surface area contributed by atoms with Crippen LogP contribution in [0.4, 0.5) is 0 Å². The number of aliphatic hydroxyl groups is 1. The zero-order valence-electron chi connectivity index (χ0n) is 14.0. The molecule has 1 atom stereocenters. The summed E-state index contributed by atoms with van der Waals surface area (Å²) in [6.45, 7) is 11.4. The molecule has 0 aromatic carbocycles. The molecule has 20 heavy (non-hydrogen) atoms. The van der Waals surface area contributed by atoms with E-state index in [-0.39, 0.29) is 0 Å². The van der Waals surface area contributed by atoms with E-state index in [4.69, 9.17) is 0 Å². The highest BCUT2D eigenvalue weighted by molar-refractivity contribution is 4.85. The molecule has 0 aromatic heterocycles. The smallest absolute Gasteiger partial charge is 0.0558 e. The van der Waals surface area contributed by atoms with E-state index in [0.717, 1.165) is 26.2 Å². The maximum absolute atomic E-state index is 9.38. The Morgan fingerprint density at radius 2 is 1.90 bits per heavy atom. The van der Waals surface area contributed by atoms with E-state index in [9.17, 15) is 5.11 Å². The molecule has 3 heteroatoms. The van der Waals surface area contributed by atoms with Gasteiger partial charge in [-0.2, -0.15) is 0 Å². The molecule has 2 N–H and O–H groups in total. The molecule has 0 amide bonds. The van der Waals surface area contributed by atoms with Crippen molar-refractivity contribution in [3.8, 4) is 0 Å². The van der Waals surface area contributed by atoms with Crippen LogP contribution in [0.25, 0.3) is 0 Å². The molecule has 1 rings (SSSR count). The van der Waals surface area contributed by atoms with Crippen LogP contribution in [0.5, 0.6) is 0 Å². The van der Waals surface area contributed by atoms with Crippen molar-refractivity contribution in [1.29, 1.82) is 0 Å². The first-order valence-corrected chi connectivity index (χ1v) is 8.71. The second-order valence-corrected chi connectivity index (χ2v) is 6.87. The van der Waals surface area contributed by atoms with Gasteiger partial charge in [0.15, 0.2) is 0 Å². The number of nitrogens with one attached hydrogen (secondary N) is 1. The van der Waals surface area contributed by atoms with Gasteiger partial charge in [-0.05, 0) is 37.6 Å². The molecular weight excluding hydrogens is 248 g/mol. The molecule has 0 radical (unpaired) electrons. The first-order chi connectivity index (χ1) is 9.65. The van der Waals surface area contributed by atoms with E-state index in [1.165, 1.54) is 44.9 Å². The van der Waals surface area contributed by atoms with E-state index in [1.54, 1.807) is 0 Å². The Kier molecular flexibility index (Phi) is 8.74. The molecule has 1 aliphatic carbocycles. The average Bonchev–Trinajstić information content (AvgIpc) is 2.93. The largest absolute Gasteiger partial charge is 0.395 e. The minimum absolute atomic E-state index is 0.293. The van der Waals surface area contributed by atoms with E-state index >= 15 is 0 Å². The molecule has 0 heterocycles. The third kappa shape index (κ3) is 6.11. The number of aliphatic hydroxyl groups excluding tert-OH is 1. The molecule has 0 aromatic rings. The molecule has 1 saturated carbocycles. The van der Waals surface area contributed by atoms with Crippen molar-refractivity contribution >= 4 is 0 Å². The van der Waals surface area contributed by atoms with E-state index < -0.39 is 0 Å². The predicted octanol–water partition coefficient (Wildman–Crippen LogP) is 3.03. The fourth-order valence-electron chi connectivity index (χ4n) is 3.67. The fourth-order valence-corrected chi connectivity index (χ4v) is 3.67. The van der Waals surface area contributed by atoms with Crippen molar-refractivity contribution < 1.29 is 5.11 Å². The normalized spacial score (nSPS) is 19.6. The van der Waals surface area contributed by atoms with Gasteiger partial charge in [0.1, 0.15) is 0 Å². The Morgan fingerprint density at radius 1 is 1.20 bits per heavy atom. The number of nitrogens with zero attached hydrogens (tertiary/aromatic N) is 1. The summed E-state index contributed by atoms with van der Waals surface area (Å²) < 4.78 is 0. The average molecular weight is 284 g/mol. The van der Waals surface area contributed by atoms with E-state index in [1.807, 2.05) is 0 Å². The summed E-state index contributed by atoms with van der Waals surface area (Å²) in [6, 6.07) is 0.713. The summed E-state index contributed by atoms with van der Waals surface area (Å²) in [6.07, 6.45) is 9.08. The Bertz CT molecular complexity index is 241. The Morgan fingerprint density at radius 3 is 2.45 bits per heavy atom. The lowest BCUT2D eigenvalue weighted by atomic mass is 9.84. The molecule has 1 fully saturated rings. The fraction of sp³-hybridized carbons (Fsp3) is 1.00. The first kappa shape index (κ1) is 17.9. The van der Waals surface area contributed by atoms with Gasteiger partial charge in [0.25, 0.3) is 0 Å². The Hall–Kier alpha value is -0.120. The summed E-state index contributed by atoms with van der Waals surface area (Å²) in [5.74, 6) is 0. The molecule has 0 aliphatic heterocycles. The lowest BCUT2D eigenvalue weighted by molar-refractivity contribution is 0.0901. The van der Waals surface area contributed by atoms with Crippen LogP contribution < -0.4 is 5.32 Å².